The third-order valence-corrected chi connectivity index (χ3v) is 3.34. The van der Waals surface area contributed by atoms with Crippen LogP contribution >= 0.6 is 0 Å². The van der Waals surface area contributed by atoms with E-state index in [1.807, 2.05) is 48.5 Å². The van der Waals surface area contributed by atoms with E-state index in [-0.39, 0.29) is 5.78 Å². The van der Waals surface area contributed by atoms with Crippen molar-refractivity contribution in [1.82, 2.24) is 0 Å². The number of carbonyl (C=O) groups is 1. The summed E-state index contributed by atoms with van der Waals surface area (Å²) in [7, 11) is 0. The van der Waals surface area contributed by atoms with Crippen LogP contribution in [0.1, 0.15) is 22.3 Å². The highest BCUT2D eigenvalue weighted by atomic mass is 16.6. The number of benzene rings is 2. The number of aryl methyl sites for hydroxylation is 1. The van der Waals surface area contributed by atoms with Crippen LogP contribution in [0.3, 0.4) is 0 Å². The average molecular weight is 268 g/mol. The van der Waals surface area contributed by atoms with Crippen molar-refractivity contribution in [1.29, 1.82) is 0 Å². The lowest BCUT2D eigenvalue weighted by molar-refractivity contribution is 0.0982. The molecule has 0 unspecified atom stereocenters. The first-order valence-corrected chi connectivity index (χ1v) is 6.80. The van der Waals surface area contributed by atoms with Gasteiger partial charge in [-0.15, -0.1) is 0 Å². The van der Waals surface area contributed by atoms with E-state index in [0.717, 1.165) is 22.6 Å². The molecule has 0 saturated heterocycles. The predicted molar refractivity (Wildman–Crippen MR) is 76.5 cm³/mol. The summed E-state index contributed by atoms with van der Waals surface area (Å²) in [5.41, 5.74) is 1.86. The molecule has 1 heterocycles. The second-order valence-corrected chi connectivity index (χ2v) is 4.77. The van der Waals surface area contributed by atoms with Crippen LogP contribution in [0.5, 0.6) is 11.5 Å². The van der Waals surface area contributed by atoms with Crippen LogP contribution in [0, 0.1) is 0 Å². The van der Waals surface area contributed by atoms with Gasteiger partial charge in [0.05, 0.1) is 0 Å². The van der Waals surface area contributed by atoms with E-state index >= 15 is 0 Å². The zero-order valence-corrected chi connectivity index (χ0v) is 11.2. The summed E-state index contributed by atoms with van der Waals surface area (Å²) in [4.78, 5) is 12.1. The van der Waals surface area contributed by atoms with Gasteiger partial charge in [0.15, 0.2) is 17.3 Å². The lowest BCUT2D eigenvalue weighted by Crippen LogP contribution is -2.15. The summed E-state index contributed by atoms with van der Waals surface area (Å²) in [6, 6.07) is 15.3. The van der Waals surface area contributed by atoms with Crippen LogP contribution in [0.25, 0.3) is 0 Å². The highest BCUT2D eigenvalue weighted by Gasteiger charge is 2.12. The first-order chi connectivity index (χ1) is 9.83. The van der Waals surface area contributed by atoms with Gasteiger partial charge in [0, 0.05) is 12.0 Å². The summed E-state index contributed by atoms with van der Waals surface area (Å²) in [6.07, 6.45) is 1.22. The van der Waals surface area contributed by atoms with Crippen LogP contribution in [-0.4, -0.2) is 19.0 Å². The van der Waals surface area contributed by atoms with Gasteiger partial charge in [-0.3, -0.25) is 4.79 Å². The van der Waals surface area contributed by atoms with Gasteiger partial charge in [-0.1, -0.05) is 36.4 Å². The van der Waals surface area contributed by atoms with Crippen molar-refractivity contribution in [3.05, 3.63) is 59.7 Å². The lowest BCUT2D eigenvalue weighted by atomic mass is 10.0. The molecule has 1 aliphatic rings. The Kier molecular flexibility index (Phi) is 3.68. The Balaban J connectivity index is 1.65. The fourth-order valence-corrected chi connectivity index (χ4v) is 2.27. The number of ether oxygens (including phenoxy) is 2. The molecule has 3 rings (SSSR count). The predicted octanol–water partition coefficient (Wildman–Crippen LogP) is 3.27. The zero-order chi connectivity index (χ0) is 13.8. The fourth-order valence-electron chi connectivity index (χ4n) is 2.27. The van der Waals surface area contributed by atoms with Gasteiger partial charge < -0.3 is 9.47 Å². The van der Waals surface area contributed by atoms with Crippen LogP contribution in [0.2, 0.25) is 0 Å². The van der Waals surface area contributed by atoms with Crippen molar-refractivity contribution < 1.29 is 14.3 Å². The van der Waals surface area contributed by atoms with E-state index in [1.54, 1.807) is 0 Å². The minimum atomic E-state index is 0.167. The highest BCUT2D eigenvalue weighted by Crippen LogP contribution is 2.31. The first kappa shape index (κ1) is 12.7. The van der Waals surface area contributed by atoms with Gasteiger partial charge in [0.1, 0.15) is 13.2 Å². The van der Waals surface area contributed by atoms with E-state index < -0.39 is 0 Å². The van der Waals surface area contributed by atoms with Crippen LogP contribution in [0.15, 0.2) is 48.5 Å². The molecule has 0 aliphatic carbocycles. The molecule has 1 aliphatic heterocycles. The molecule has 3 nitrogen and oxygen atoms in total. The maximum Gasteiger partial charge on any atom is 0.163 e. The number of carbonyl (C=O) groups excluding carboxylic acids is 1. The number of hydrogen-bond donors (Lipinski definition) is 0. The monoisotopic (exact) mass is 268 g/mol. The van der Waals surface area contributed by atoms with Gasteiger partial charge in [0.2, 0.25) is 0 Å². The molecule has 2 aromatic rings. The molecule has 0 aromatic heterocycles. The van der Waals surface area contributed by atoms with Crippen LogP contribution in [-0.2, 0) is 6.42 Å². The van der Waals surface area contributed by atoms with E-state index in [1.165, 1.54) is 0 Å². The Labute approximate surface area is 118 Å². The topological polar surface area (TPSA) is 35.5 Å². The molecule has 102 valence electrons. The van der Waals surface area contributed by atoms with Crippen LogP contribution < -0.4 is 9.47 Å². The van der Waals surface area contributed by atoms with Crippen LogP contribution in [0.4, 0.5) is 0 Å². The Morgan fingerprint density at radius 1 is 0.950 bits per heavy atom. The second kappa shape index (κ2) is 5.78. The highest BCUT2D eigenvalue weighted by molar-refractivity contribution is 5.96. The van der Waals surface area contributed by atoms with Gasteiger partial charge in [-0.05, 0) is 24.1 Å². The quantitative estimate of drug-likeness (QED) is 0.798. The van der Waals surface area contributed by atoms with Crippen molar-refractivity contribution in [2.24, 2.45) is 0 Å². The molecule has 0 radical (unpaired) electrons. The third-order valence-electron chi connectivity index (χ3n) is 3.34. The summed E-state index contributed by atoms with van der Waals surface area (Å²) in [6.45, 7) is 1.18. The maximum atomic E-state index is 12.1. The molecule has 0 bridgehead atoms. The largest absolute Gasteiger partial charge is 0.486 e. The second-order valence-electron chi connectivity index (χ2n) is 4.77. The van der Waals surface area contributed by atoms with Crippen molar-refractivity contribution >= 4 is 5.78 Å². The Morgan fingerprint density at radius 3 is 2.50 bits per heavy atom. The number of hydrogen-bond acceptors (Lipinski definition) is 3. The molecular formula is C17H16O3. The SMILES string of the molecule is O=C(CCc1ccc2c(c1)OCCO2)c1ccccc1. The average Bonchev–Trinajstić information content (AvgIpc) is 2.53. The summed E-state index contributed by atoms with van der Waals surface area (Å²) in [5.74, 6) is 1.73. The molecule has 0 fully saturated rings. The van der Waals surface area contributed by atoms with E-state index in [9.17, 15) is 4.79 Å². The Bertz CT molecular complexity index is 605. The molecule has 0 spiro atoms. The van der Waals surface area contributed by atoms with Crippen molar-refractivity contribution in [2.45, 2.75) is 12.8 Å². The summed E-state index contributed by atoms with van der Waals surface area (Å²) in [5, 5.41) is 0. The number of rotatable bonds is 4. The zero-order valence-electron chi connectivity index (χ0n) is 11.2. The van der Waals surface area contributed by atoms with Gasteiger partial charge in [-0.25, -0.2) is 0 Å². The lowest BCUT2D eigenvalue weighted by Gasteiger charge is -2.18. The maximum absolute atomic E-state index is 12.1. The Hall–Kier alpha value is -2.29. The molecule has 20 heavy (non-hydrogen) atoms. The molecule has 3 heteroatoms. The first-order valence-electron chi connectivity index (χ1n) is 6.80. The molecule has 0 saturated carbocycles. The normalized spacial score (nSPS) is 13.0. The standard InChI is InChI=1S/C17H16O3/c18-15(14-4-2-1-3-5-14)8-6-13-7-9-16-17(12-13)20-11-10-19-16/h1-5,7,9,12H,6,8,10-11H2. The number of Topliss-reactive ketones (excluding diaryl/α,β-unsaturated/α-hetero) is 1. The number of fused-ring (bicyclic) bond motifs is 1. The van der Waals surface area contributed by atoms with E-state index in [0.29, 0.717) is 26.1 Å². The van der Waals surface area contributed by atoms with Gasteiger partial charge in [0.25, 0.3) is 0 Å². The molecular weight excluding hydrogens is 252 g/mol. The summed E-state index contributed by atoms with van der Waals surface area (Å²) < 4.78 is 11.0. The van der Waals surface area contributed by atoms with Gasteiger partial charge >= 0.3 is 0 Å². The minimum Gasteiger partial charge on any atom is -0.486 e. The smallest absolute Gasteiger partial charge is 0.163 e. The third kappa shape index (κ3) is 2.82. The molecule has 0 amide bonds. The van der Waals surface area contributed by atoms with Crippen molar-refractivity contribution in [3.63, 3.8) is 0 Å². The fraction of sp³-hybridized carbons (Fsp3) is 0.235. The Morgan fingerprint density at radius 2 is 1.70 bits per heavy atom. The number of ketones is 1. The molecule has 0 N–H and O–H groups in total. The molecule has 0 atom stereocenters. The van der Waals surface area contributed by atoms with Crippen molar-refractivity contribution in [3.8, 4) is 11.5 Å². The van der Waals surface area contributed by atoms with E-state index in [2.05, 4.69) is 0 Å². The van der Waals surface area contributed by atoms with Gasteiger partial charge in [-0.2, -0.15) is 0 Å². The molecule has 2 aromatic carbocycles. The van der Waals surface area contributed by atoms with E-state index in [4.69, 9.17) is 9.47 Å². The minimum absolute atomic E-state index is 0.167. The van der Waals surface area contributed by atoms with Crippen molar-refractivity contribution in [2.75, 3.05) is 13.2 Å². The summed E-state index contributed by atoms with van der Waals surface area (Å²) >= 11 is 0.